The van der Waals surface area contributed by atoms with Gasteiger partial charge in [0, 0.05) is 33.8 Å². The maximum Gasteiger partial charge on any atom is 0.272 e. The third kappa shape index (κ3) is 3.71. The molecule has 27 heavy (non-hydrogen) atoms. The Balaban J connectivity index is 1.93. The highest BCUT2D eigenvalue weighted by molar-refractivity contribution is 9.10. The van der Waals surface area contributed by atoms with Crippen molar-refractivity contribution in [2.45, 2.75) is 27.7 Å². The molecule has 2 aromatic heterocycles. The molecule has 0 atom stereocenters. The highest BCUT2D eigenvalue weighted by atomic mass is 79.9. The number of aryl methyl sites for hydroxylation is 2. The van der Waals surface area contributed by atoms with Crippen LogP contribution in [0.15, 0.2) is 52.3 Å². The SMILES string of the molecule is Cc1cccc(C)c1-n1c(C)c(Br)c(/C=N/NC(=O)c2cccnc2)c1C. The summed E-state index contributed by atoms with van der Waals surface area (Å²) in [6.07, 6.45) is 4.80. The lowest BCUT2D eigenvalue weighted by molar-refractivity contribution is 0.0955. The van der Waals surface area contributed by atoms with Gasteiger partial charge in [0.05, 0.1) is 17.5 Å². The first-order valence-electron chi connectivity index (χ1n) is 8.59. The summed E-state index contributed by atoms with van der Waals surface area (Å²) in [5.74, 6) is -0.293. The molecule has 138 valence electrons. The van der Waals surface area contributed by atoms with E-state index in [1.165, 1.54) is 23.0 Å². The van der Waals surface area contributed by atoms with E-state index < -0.39 is 0 Å². The van der Waals surface area contributed by atoms with E-state index in [9.17, 15) is 4.79 Å². The number of amides is 1. The maximum atomic E-state index is 12.1. The van der Waals surface area contributed by atoms with Gasteiger partial charge in [-0.2, -0.15) is 5.10 Å². The molecule has 1 aromatic carbocycles. The van der Waals surface area contributed by atoms with Gasteiger partial charge in [0.2, 0.25) is 0 Å². The number of aromatic nitrogens is 2. The van der Waals surface area contributed by atoms with Gasteiger partial charge in [0.25, 0.3) is 5.91 Å². The second-order valence-electron chi connectivity index (χ2n) is 6.42. The average molecular weight is 425 g/mol. The standard InChI is InChI=1S/C21H21BrN4O/c1-13-7-5-8-14(2)20(13)26-15(3)18(19(22)16(26)4)12-24-25-21(27)17-9-6-10-23-11-17/h5-12H,1-4H3,(H,25,27)/b24-12+. The Bertz CT molecular complexity index is 1000. The summed E-state index contributed by atoms with van der Waals surface area (Å²) in [7, 11) is 0. The second-order valence-corrected chi connectivity index (χ2v) is 7.21. The van der Waals surface area contributed by atoms with Crippen LogP contribution in [0.5, 0.6) is 0 Å². The van der Waals surface area contributed by atoms with E-state index in [1.807, 2.05) is 6.92 Å². The number of halogens is 1. The Morgan fingerprint density at radius 3 is 2.44 bits per heavy atom. The van der Waals surface area contributed by atoms with Crippen LogP contribution < -0.4 is 5.43 Å². The van der Waals surface area contributed by atoms with E-state index in [4.69, 9.17) is 0 Å². The van der Waals surface area contributed by atoms with Gasteiger partial charge in [-0.25, -0.2) is 5.43 Å². The quantitative estimate of drug-likeness (QED) is 0.490. The zero-order valence-electron chi connectivity index (χ0n) is 15.7. The molecule has 0 bridgehead atoms. The Kier molecular flexibility index (Phi) is 5.56. The van der Waals surface area contributed by atoms with E-state index in [1.54, 1.807) is 24.5 Å². The van der Waals surface area contributed by atoms with Crippen LogP contribution >= 0.6 is 15.9 Å². The molecule has 3 rings (SSSR count). The molecular weight excluding hydrogens is 404 g/mol. The first-order valence-corrected chi connectivity index (χ1v) is 9.38. The van der Waals surface area contributed by atoms with Gasteiger partial charge < -0.3 is 4.57 Å². The summed E-state index contributed by atoms with van der Waals surface area (Å²) in [5, 5.41) is 4.14. The number of nitrogens with zero attached hydrogens (tertiary/aromatic N) is 3. The number of carbonyl (C=O) groups is 1. The fourth-order valence-electron chi connectivity index (χ4n) is 3.18. The molecular formula is C21H21BrN4O. The number of para-hydroxylation sites is 1. The number of carbonyl (C=O) groups excluding carboxylic acids is 1. The number of pyridine rings is 1. The molecule has 0 saturated heterocycles. The van der Waals surface area contributed by atoms with Gasteiger partial charge >= 0.3 is 0 Å². The van der Waals surface area contributed by atoms with Crippen LogP contribution in [0.2, 0.25) is 0 Å². The molecule has 5 nitrogen and oxygen atoms in total. The van der Waals surface area contributed by atoms with Gasteiger partial charge in [-0.1, -0.05) is 18.2 Å². The fraction of sp³-hybridized carbons (Fsp3) is 0.190. The van der Waals surface area contributed by atoms with Crippen LogP contribution in [0.4, 0.5) is 0 Å². The van der Waals surface area contributed by atoms with Gasteiger partial charge in [-0.15, -0.1) is 0 Å². The molecule has 0 aliphatic rings. The summed E-state index contributed by atoms with van der Waals surface area (Å²) in [4.78, 5) is 16.0. The monoisotopic (exact) mass is 424 g/mol. The third-order valence-electron chi connectivity index (χ3n) is 4.56. The van der Waals surface area contributed by atoms with Crippen LogP contribution in [0.25, 0.3) is 5.69 Å². The van der Waals surface area contributed by atoms with Crippen molar-refractivity contribution in [2.75, 3.05) is 0 Å². The number of hydrazone groups is 1. The molecule has 6 heteroatoms. The zero-order valence-corrected chi connectivity index (χ0v) is 17.3. The highest BCUT2D eigenvalue weighted by Gasteiger charge is 2.18. The van der Waals surface area contributed by atoms with E-state index >= 15 is 0 Å². The van der Waals surface area contributed by atoms with Gasteiger partial charge in [0.15, 0.2) is 0 Å². The van der Waals surface area contributed by atoms with Crippen molar-refractivity contribution in [3.05, 3.63) is 80.8 Å². The number of hydrogen-bond donors (Lipinski definition) is 1. The van der Waals surface area contributed by atoms with Crippen molar-refractivity contribution in [1.29, 1.82) is 0 Å². The van der Waals surface area contributed by atoms with Crippen molar-refractivity contribution in [1.82, 2.24) is 15.0 Å². The topological polar surface area (TPSA) is 59.3 Å². The summed E-state index contributed by atoms with van der Waals surface area (Å²) in [6, 6.07) is 9.69. The zero-order chi connectivity index (χ0) is 19.6. The van der Waals surface area contributed by atoms with E-state index in [-0.39, 0.29) is 5.91 Å². The first kappa shape index (κ1) is 19.0. The summed E-state index contributed by atoms with van der Waals surface area (Å²) >= 11 is 3.68. The van der Waals surface area contributed by atoms with Crippen LogP contribution in [-0.4, -0.2) is 21.7 Å². The van der Waals surface area contributed by atoms with Gasteiger partial charge in [-0.3, -0.25) is 9.78 Å². The molecule has 1 N–H and O–H groups in total. The summed E-state index contributed by atoms with van der Waals surface area (Å²) in [5.41, 5.74) is 9.68. The number of hydrogen-bond acceptors (Lipinski definition) is 3. The van der Waals surface area contributed by atoms with Crippen molar-refractivity contribution in [3.8, 4) is 5.69 Å². The first-order chi connectivity index (χ1) is 12.9. The molecule has 1 amide bonds. The lowest BCUT2D eigenvalue weighted by atomic mass is 10.1. The van der Waals surface area contributed by atoms with E-state index in [0.717, 1.165) is 21.4 Å². The molecule has 0 radical (unpaired) electrons. The smallest absolute Gasteiger partial charge is 0.272 e. The van der Waals surface area contributed by atoms with Crippen LogP contribution in [0.3, 0.4) is 0 Å². The minimum atomic E-state index is -0.293. The lowest BCUT2D eigenvalue weighted by Crippen LogP contribution is -2.17. The Hall–Kier alpha value is -2.73. The molecule has 0 aliphatic carbocycles. The second kappa shape index (κ2) is 7.88. The van der Waals surface area contributed by atoms with Crippen LogP contribution in [0.1, 0.15) is 38.4 Å². The normalized spacial score (nSPS) is 11.1. The largest absolute Gasteiger partial charge is 0.316 e. The Morgan fingerprint density at radius 1 is 1.11 bits per heavy atom. The van der Waals surface area contributed by atoms with Gasteiger partial charge in [-0.05, 0) is 66.9 Å². The van der Waals surface area contributed by atoms with E-state index in [2.05, 4.69) is 75.0 Å². The van der Waals surface area contributed by atoms with Crippen LogP contribution in [-0.2, 0) is 0 Å². The average Bonchev–Trinajstić information content (AvgIpc) is 2.86. The fourth-order valence-corrected chi connectivity index (χ4v) is 3.75. The highest BCUT2D eigenvalue weighted by Crippen LogP contribution is 2.32. The van der Waals surface area contributed by atoms with Crippen molar-refractivity contribution < 1.29 is 4.79 Å². The molecule has 0 unspecified atom stereocenters. The van der Waals surface area contributed by atoms with Crippen molar-refractivity contribution >= 4 is 28.1 Å². The molecule has 0 aliphatic heterocycles. The summed E-state index contributed by atoms with van der Waals surface area (Å²) in [6.45, 7) is 8.33. The minimum absolute atomic E-state index is 0.293. The molecule has 2 heterocycles. The summed E-state index contributed by atoms with van der Waals surface area (Å²) < 4.78 is 3.18. The maximum absolute atomic E-state index is 12.1. The molecule has 0 saturated carbocycles. The van der Waals surface area contributed by atoms with Crippen molar-refractivity contribution in [2.24, 2.45) is 5.10 Å². The molecule has 0 fully saturated rings. The predicted molar refractivity (Wildman–Crippen MR) is 112 cm³/mol. The third-order valence-corrected chi connectivity index (χ3v) is 5.56. The Labute approximate surface area is 167 Å². The molecule has 0 spiro atoms. The number of rotatable bonds is 4. The Morgan fingerprint density at radius 2 is 1.81 bits per heavy atom. The molecule has 3 aromatic rings. The number of benzene rings is 1. The lowest BCUT2D eigenvalue weighted by Gasteiger charge is -2.15. The van der Waals surface area contributed by atoms with Gasteiger partial charge in [0.1, 0.15) is 0 Å². The number of nitrogens with one attached hydrogen (secondary N) is 1. The predicted octanol–water partition coefficient (Wildman–Crippen LogP) is 4.63. The minimum Gasteiger partial charge on any atom is -0.316 e. The van der Waals surface area contributed by atoms with Crippen LogP contribution in [0, 0.1) is 27.7 Å². The van der Waals surface area contributed by atoms with E-state index in [0.29, 0.717) is 5.56 Å². The van der Waals surface area contributed by atoms with Crippen molar-refractivity contribution in [3.63, 3.8) is 0 Å².